The summed E-state index contributed by atoms with van der Waals surface area (Å²) in [5.41, 5.74) is 0.562. The molecule has 2 aliphatic rings. The third-order valence-electron chi connectivity index (χ3n) is 3.91. The Hall–Kier alpha value is -0.260. The highest BCUT2D eigenvalue weighted by atomic mass is 32.1. The lowest BCUT2D eigenvalue weighted by atomic mass is 10.1. The third kappa shape index (κ3) is 2.61. The van der Waals surface area contributed by atoms with Crippen LogP contribution >= 0.6 is 24.0 Å². The zero-order valence-electron chi connectivity index (χ0n) is 10.0. The van der Waals surface area contributed by atoms with Gasteiger partial charge >= 0.3 is 0 Å². The SMILES string of the molecule is SCC1(CN2CCN(c3nccs3)CC2)CC1. The first-order chi connectivity index (χ1) is 8.31. The standard InChI is InChI=1S/C12H19N3S2/c16-10-12(1-2-12)9-14-4-6-15(7-5-14)11-13-3-8-17-11/h3,8,16H,1-2,4-7,9-10H2. The lowest BCUT2D eigenvalue weighted by molar-refractivity contribution is 0.218. The van der Waals surface area contributed by atoms with E-state index in [1.165, 1.54) is 37.6 Å². The average Bonchev–Trinajstić information content (AvgIpc) is 2.92. The minimum Gasteiger partial charge on any atom is -0.346 e. The van der Waals surface area contributed by atoms with Crippen molar-refractivity contribution in [2.24, 2.45) is 5.41 Å². The second-order valence-electron chi connectivity index (χ2n) is 5.24. The van der Waals surface area contributed by atoms with Gasteiger partial charge in [-0.1, -0.05) is 0 Å². The van der Waals surface area contributed by atoms with E-state index in [2.05, 4.69) is 32.8 Å². The molecule has 0 aromatic carbocycles. The van der Waals surface area contributed by atoms with Gasteiger partial charge in [0.05, 0.1) is 0 Å². The molecule has 3 rings (SSSR count). The second-order valence-corrected chi connectivity index (χ2v) is 6.43. The Balaban J connectivity index is 1.51. The van der Waals surface area contributed by atoms with Crippen LogP contribution in [0.15, 0.2) is 11.6 Å². The fourth-order valence-electron chi connectivity index (χ4n) is 2.49. The zero-order valence-corrected chi connectivity index (χ0v) is 11.7. The van der Waals surface area contributed by atoms with Crippen LogP contribution in [0.4, 0.5) is 5.13 Å². The molecular formula is C12H19N3S2. The van der Waals surface area contributed by atoms with E-state index in [1.54, 1.807) is 11.3 Å². The van der Waals surface area contributed by atoms with Crippen LogP contribution in [0, 0.1) is 5.41 Å². The molecule has 1 aliphatic heterocycles. The summed E-state index contributed by atoms with van der Waals surface area (Å²) in [6.07, 6.45) is 4.65. The average molecular weight is 269 g/mol. The normalized spacial score (nSPS) is 23.9. The Labute approximate surface area is 112 Å². The van der Waals surface area contributed by atoms with Crippen molar-refractivity contribution in [3.05, 3.63) is 11.6 Å². The Morgan fingerprint density at radius 1 is 1.29 bits per heavy atom. The molecule has 1 aromatic rings. The van der Waals surface area contributed by atoms with Crippen LogP contribution < -0.4 is 4.90 Å². The van der Waals surface area contributed by atoms with Gasteiger partial charge in [0, 0.05) is 44.3 Å². The van der Waals surface area contributed by atoms with Gasteiger partial charge in [-0.3, -0.25) is 4.90 Å². The molecule has 0 spiro atoms. The summed E-state index contributed by atoms with van der Waals surface area (Å²) in [4.78, 5) is 9.39. The molecule has 0 radical (unpaired) electrons. The fraction of sp³-hybridized carbons (Fsp3) is 0.750. The summed E-state index contributed by atoms with van der Waals surface area (Å²) in [6.45, 7) is 5.85. The highest BCUT2D eigenvalue weighted by Crippen LogP contribution is 2.47. The summed E-state index contributed by atoms with van der Waals surface area (Å²) >= 11 is 6.23. The van der Waals surface area contributed by atoms with E-state index >= 15 is 0 Å². The van der Waals surface area contributed by atoms with Gasteiger partial charge in [-0.25, -0.2) is 4.98 Å². The van der Waals surface area contributed by atoms with E-state index in [0.29, 0.717) is 5.41 Å². The summed E-state index contributed by atoms with van der Waals surface area (Å²) in [5.74, 6) is 1.06. The van der Waals surface area contributed by atoms with Gasteiger partial charge in [-0.15, -0.1) is 11.3 Å². The first-order valence-electron chi connectivity index (χ1n) is 6.29. The zero-order chi connectivity index (χ0) is 11.7. The van der Waals surface area contributed by atoms with Crippen molar-refractivity contribution in [3.63, 3.8) is 0 Å². The van der Waals surface area contributed by atoms with Crippen LogP contribution in [-0.4, -0.2) is 48.4 Å². The van der Waals surface area contributed by atoms with Gasteiger partial charge in [0.1, 0.15) is 0 Å². The molecule has 2 fully saturated rings. The summed E-state index contributed by atoms with van der Waals surface area (Å²) in [6, 6.07) is 0. The van der Waals surface area contributed by atoms with Crippen LogP contribution in [0.25, 0.3) is 0 Å². The van der Waals surface area contributed by atoms with Gasteiger partial charge in [0.2, 0.25) is 0 Å². The highest BCUT2D eigenvalue weighted by Gasteiger charge is 2.42. The van der Waals surface area contributed by atoms with E-state index in [4.69, 9.17) is 0 Å². The maximum Gasteiger partial charge on any atom is 0.185 e. The molecule has 1 saturated carbocycles. The fourth-order valence-corrected chi connectivity index (χ4v) is 3.60. The Kier molecular flexibility index (Phi) is 3.32. The first-order valence-corrected chi connectivity index (χ1v) is 7.80. The van der Waals surface area contributed by atoms with Crippen molar-refractivity contribution >= 4 is 29.1 Å². The number of rotatable bonds is 4. The maximum absolute atomic E-state index is 4.48. The van der Waals surface area contributed by atoms with Gasteiger partial charge < -0.3 is 4.90 Å². The van der Waals surface area contributed by atoms with E-state index in [-0.39, 0.29) is 0 Å². The van der Waals surface area contributed by atoms with Gasteiger partial charge in [0.15, 0.2) is 5.13 Å². The van der Waals surface area contributed by atoms with Crippen molar-refractivity contribution in [1.29, 1.82) is 0 Å². The number of hydrogen-bond acceptors (Lipinski definition) is 5. The van der Waals surface area contributed by atoms with E-state index in [0.717, 1.165) is 18.8 Å². The predicted octanol–water partition coefficient (Wildman–Crippen LogP) is 1.98. The molecule has 1 aromatic heterocycles. The largest absolute Gasteiger partial charge is 0.346 e. The number of aromatic nitrogens is 1. The molecule has 0 bridgehead atoms. The number of piperazine rings is 1. The summed E-state index contributed by atoms with van der Waals surface area (Å²) in [7, 11) is 0. The topological polar surface area (TPSA) is 19.4 Å². The van der Waals surface area contributed by atoms with E-state index < -0.39 is 0 Å². The number of thiazole rings is 1. The lowest BCUT2D eigenvalue weighted by Crippen LogP contribution is -2.48. The van der Waals surface area contributed by atoms with Crippen molar-refractivity contribution < 1.29 is 0 Å². The van der Waals surface area contributed by atoms with Crippen LogP contribution in [0.2, 0.25) is 0 Å². The molecule has 5 heteroatoms. The van der Waals surface area contributed by atoms with Gasteiger partial charge in [-0.05, 0) is 24.0 Å². The molecule has 0 unspecified atom stereocenters. The van der Waals surface area contributed by atoms with Gasteiger partial charge in [0.25, 0.3) is 0 Å². The Bertz CT molecular complexity index is 354. The summed E-state index contributed by atoms with van der Waals surface area (Å²) < 4.78 is 0. The highest BCUT2D eigenvalue weighted by molar-refractivity contribution is 7.80. The monoisotopic (exact) mass is 269 g/mol. The van der Waals surface area contributed by atoms with Crippen molar-refractivity contribution in [2.75, 3.05) is 43.4 Å². The number of hydrogen-bond donors (Lipinski definition) is 1. The molecule has 0 N–H and O–H groups in total. The van der Waals surface area contributed by atoms with Gasteiger partial charge in [-0.2, -0.15) is 12.6 Å². The maximum atomic E-state index is 4.48. The van der Waals surface area contributed by atoms with E-state index in [1.807, 2.05) is 6.20 Å². The molecule has 2 heterocycles. The minimum atomic E-state index is 0.562. The van der Waals surface area contributed by atoms with Crippen molar-refractivity contribution in [2.45, 2.75) is 12.8 Å². The molecule has 1 aliphatic carbocycles. The second kappa shape index (κ2) is 4.78. The molecule has 3 nitrogen and oxygen atoms in total. The van der Waals surface area contributed by atoms with Crippen LogP contribution in [0.5, 0.6) is 0 Å². The number of thiol groups is 1. The Morgan fingerprint density at radius 3 is 2.59 bits per heavy atom. The smallest absolute Gasteiger partial charge is 0.185 e. The van der Waals surface area contributed by atoms with Crippen molar-refractivity contribution in [3.8, 4) is 0 Å². The Morgan fingerprint density at radius 2 is 2.06 bits per heavy atom. The number of anilines is 1. The molecule has 17 heavy (non-hydrogen) atoms. The third-order valence-corrected chi connectivity index (χ3v) is 5.42. The lowest BCUT2D eigenvalue weighted by Gasteiger charge is -2.36. The van der Waals surface area contributed by atoms with Crippen LogP contribution in [0.1, 0.15) is 12.8 Å². The van der Waals surface area contributed by atoms with Crippen LogP contribution in [0.3, 0.4) is 0 Å². The quantitative estimate of drug-likeness (QED) is 0.844. The first kappa shape index (κ1) is 11.8. The molecule has 0 atom stereocenters. The predicted molar refractivity (Wildman–Crippen MR) is 76.3 cm³/mol. The van der Waals surface area contributed by atoms with E-state index in [9.17, 15) is 0 Å². The van der Waals surface area contributed by atoms with Crippen LogP contribution in [-0.2, 0) is 0 Å². The minimum absolute atomic E-state index is 0.562. The molecule has 0 amide bonds. The van der Waals surface area contributed by atoms with Crippen molar-refractivity contribution in [1.82, 2.24) is 9.88 Å². The molecular weight excluding hydrogens is 250 g/mol. The molecule has 94 valence electrons. The molecule has 1 saturated heterocycles. The summed E-state index contributed by atoms with van der Waals surface area (Å²) in [5, 5.41) is 3.24. The number of nitrogens with zero attached hydrogens (tertiary/aromatic N) is 3.